The number of benzene rings is 1. The summed E-state index contributed by atoms with van der Waals surface area (Å²) in [5.74, 6) is 1.70. The molecule has 0 spiro atoms. The first-order valence-corrected chi connectivity index (χ1v) is 9.42. The van der Waals surface area contributed by atoms with Crippen molar-refractivity contribution in [3.63, 3.8) is 0 Å². The van der Waals surface area contributed by atoms with Gasteiger partial charge in [-0.15, -0.1) is 11.3 Å². The van der Waals surface area contributed by atoms with Gasteiger partial charge in [0, 0.05) is 23.4 Å². The number of hydrogen-bond donors (Lipinski definition) is 3. The number of guanidine groups is 1. The van der Waals surface area contributed by atoms with Gasteiger partial charge in [0.1, 0.15) is 5.52 Å². The molecule has 0 bridgehead atoms. The molecule has 1 aromatic carbocycles. The summed E-state index contributed by atoms with van der Waals surface area (Å²) >= 11 is 3.21. The summed E-state index contributed by atoms with van der Waals surface area (Å²) in [7, 11) is 0. The molecule has 2 heterocycles. The van der Waals surface area contributed by atoms with Gasteiger partial charge in [0.05, 0.1) is 5.69 Å². The molecule has 5 N–H and O–H groups in total. The van der Waals surface area contributed by atoms with E-state index in [0.717, 1.165) is 34.8 Å². The van der Waals surface area contributed by atoms with Crippen LogP contribution < -0.4 is 16.8 Å². The van der Waals surface area contributed by atoms with Crippen LogP contribution in [0.5, 0.6) is 0 Å². The van der Waals surface area contributed by atoms with Crippen LogP contribution in [0.15, 0.2) is 33.0 Å². The molecule has 3 aromatic rings. The average molecular weight is 362 g/mol. The third-order valence-corrected chi connectivity index (χ3v) is 4.88. The molecule has 0 saturated carbocycles. The summed E-state index contributed by atoms with van der Waals surface area (Å²) in [6, 6.07) is 6.63. The molecule has 7 nitrogen and oxygen atoms in total. The van der Waals surface area contributed by atoms with Crippen LogP contribution in [0.25, 0.3) is 11.1 Å². The zero-order valence-electron chi connectivity index (χ0n) is 13.2. The molecule has 0 saturated heterocycles. The van der Waals surface area contributed by atoms with E-state index in [-0.39, 0.29) is 5.96 Å². The van der Waals surface area contributed by atoms with E-state index in [1.807, 2.05) is 18.4 Å². The predicted molar refractivity (Wildman–Crippen MR) is 101 cm³/mol. The number of hydrogen-bond acceptors (Lipinski definition) is 7. The van der Waals surface area contributed by atoms with Crippen molar-refractivity contribution in [3.05, 3.63) is 34.8 Å². The maximum absolute atomic E-state index is 5.60. The Morgan fingerprint density at radius 3 is 3.00 bits per heavy atom. The number of nitrogens with zero attached hydrogens (tertiary/aromatic N) is 3. The van der Waals surface area contributed by atoms with E-state index in [9.17, 15) is 0 Å². The van der Waals surface area contributed by atoms with E-state index in [2.05, 4.69) is 32.4 Å². The first-order chi connectivity index (χ1) is 11.6. The number of nitrogens with two attached hydrogens (primary N) is 2. The summed E-state index contributed by atoms with van der Waals surface area (Å²) in [5, 5.41) is 5.64. The summed E-state index contributed by atoms with van der Waals surface area (Å²) in [4.78, 5) is 12.7. The molecule has 24 heavy (non-hydrogen) atoms. The van der Waals surface area contributed by atoms with Gasteiger partial charge >= 0.3 is 0 Å². The molecule has 0 aliphatic carbocycles. The van der Waals surface area contributed by atoms with E-state index in [1.165, 1.54) is 16.9 Å². The molecule has 9 heteroatoms. The SMILES string of the molecule is CCNc1nc2cc(CSCc3csc(N=C(N)N)n3)ccc2o1. The van der Waals surface area contributed by atoms with Gasteiger partial charge in [0.15, 0.2) is 11.5 Å². The van der Waals surface area contributed by atoms with E-state index >= 15 is 0 Å². The maximum Gasteiger partial charge on any atom is 0.295 e. The highest BCUT2D eigenvalue weighted by atomic mass is 32.2. The summed E-state index contributed by atoms with van der Waals surface area (Å²) in [6.45, 7) is 2.79. The van der Waals surface area contributed by atoms with Crippen LogP contribution >= 0.6 is 23.1 Å². The number of thioether (sulfide) groups is 1. The van der Waals surface area contributed by atoms with Crippen molar-refractivity contribution in [2.75, 3.05) is 11.9 Å². The van der Waals surface area contributed by atoms with E-state index < -0.39 is 0 Å². The second-order valence-corrected chi connectivity index (χ2v) is 6.82. The largest absolute Gasteiger partial charge is 0.424 e. The van der Waals surface area contributed by atoms with Crippen molar-refractivity contribution in [3.8, 4) is 0 Å². The van der Waals surface area contributed by atoms with Crippen LogP contribution in [0.2, 0.25) is 0 Å². The lowest BCUT2D eigenvalue weighted by Gasteiger charge is -2.00. The van der Waals surface area contributed by atoms with Crippen molar-refractivity contribution >= 4 is 51.3 Å². The molecule has 0 fully saturated rings. The van der Waals surface area contributed by atoms with E-state index in [0.29, 0.717) is 11.1 Å². The van der Waals surface area contributed by atoms with Crippen LogP contribution in [-0.2, 0) is 11.5 Å². The van der Waals surface area contributed by atoms with Crippen molar-refractivity contribution in [1.29, 1.82) is 0 Å². The summed E-state index contributed by atoms with van der Waals surface area (Å²) < 4.78 is 5.60. The first-order valence-electron chi connectivity index (χ1n) is 7.39. The fourth-order valence-electron chi connectivity index (χ4n) is 2.09. The number of aromatic nitrogens is 2. The Balaban J connectivity index is 1.59. The number of fused-ring (bicyclic) bond motifs is 1. The number of rotatable bonds is 7. The summed E-state index contributed by atoms with van der Waals surface area (Å²) in [6.07, 6.45) is 0. The van der Waals surface area contributed by atoms with Crippen molar-refractivity contribution in [2.24, 2.45) is 16.5 Å². The molecule has 0 unspecified atom stereocenters. The normalized spacial score (nSPS) is 10.9. The Morgan fingerprint density at radius 2 is 2.21 bits per heavy atom. The van der Waals surface area contributed by atoms with Crippen LogP contribution in [0, 0.1) is 0 Å². The van der Waals surface area contributed by atoms with Gasteiger partial charge in [-0.2, -0.15) is 21.7 Å². The molecule has 0 radical (unpaired) electrons. The molecule has 0 aliphatic heterocycles. The average Bonchev–Trinajstić information content (AvgIpc) is 3.13. The lowest BCUT2D eigenvalue weighted by molar-refractivity contribution is 0.616. The maximum atomic E-state index is 5.60. The Hall–Kier alpha value is -2.26. The second kappa shape index (κ2) is 7.54. The molecule has 3 rings (SSSR count). The van der Waals surface area contributed by atoms with Crippen LogP contribution in [0.1, 0.15) is 18.2 Å². The van der Waals surface area contributed by atoms with Crippen molar-refractivity contribution < 1.29 is 4.42 Å². The third-order valence-electron chi connectivity index (χ3n) is 3.06. The number of thiazole rings is 1. The monoisotopic (exact) mass is 362 g/mol. The van der Waals surface area contributed by atoms with Gasteiger partial charge in [-0.3, -0.25) is 0 Å². The van der Waals surface area contributed by atoms with Gasteiger partial charge in [0.25, 0.3) is 6.01 Å². The highest BCUT2D eigenvalue weighted by Crippen LogP contribution is 2.25. The van der Waals surface area contributed by atoms with Gasteiger partial charge in [-0.05, 0) is 24.6 Å². The summed E-state index contributed by atoms with van der Waals surface area (Å²) in [5.41, 5.74) is 14.5. The molecular formula is C15H18N6OS2. The Morgan fingerprint density at radius 1 is 1.33 bits per heavy atom. The fourth-order valence-corrected chi connectivity index (χ4v) is 3.77. The van der Waals surface area contributed by atoms with Gasteiger partial charge < -0.3 is 21.2 Å². The molecule has 0 atom stereocenters. The minimum atomic E-state index is 0.0291. The quantitative estimate of drug-likeness (QED) is 0.437. The Labute approximate surface area is 147 Å². The highest BCUT2D eigenvalue weighted by molar-refractivity contribution is 7.97. The fraction of sp³-hybridized carbons (Fsp3) is 0.267. The standard InChI is InChI=1S/C15H18N6OS2/c1-2-18-14-20-11-5-9(3-4-12(11)22-14)6-23-7-10-8-24-15(19-10)21-13(16)17/h3-5,8H,2,6-7H2,1H3,(H,18,20)(H4,16,17,19,21). The molecular weight excluding hydrogens is 344 g/mol. The number of oxazole rings is 1. The zero-order chi connectivity index (χ0) is 16.9. The highest BCUT2D eigenvalue weighted by Gasteiger charge is 2.06. The van der Waals surface area contributed by atoms with Crippen LogP contribution in [0.3, 0.4) is 0 Å². The van der Waals surface area contributed by atoms with Crippen molar-refractivity contribution in [2.45, 2.75) is 18.4 Å². The van der Waals surface area contributed by atoms with Gasteiger partial charge in [-0.25, -0.2) is 4.98 Å². The molecule has 126 valence electrons. The van der Waals surface area contributed by atoms with Crippen LogP contribution in [-0.4, -0.2) is 22.5 Å². The smallest absolute Gasteiger partial charge is 0.295 e. The van der Waals surface area contributed by atoms with E-state index in [1.54, 1.807) is 11.8 Å². The number of anilines is 1. The van der Waals surface area contributed by atoms with Crippen molar-refractivity contribution in [1.82, 2.24) is 9.97 Å². The third kappa shape index (κ3) is 4.18. The second-order valence-electron chi connectivity index (χ2n) is 5.00. The number of aliphatic imine (C=N–C) groups is 1. The van der Waals surface area contributed by atoms with Crippen LogP contribution in [0.4, 0.5) is 11.1 Å². The van der Waals surface area contributed by atoms with Gasteiger partial charge in [-0.1, -0.05) is 6.07 Å². The zero-order valence-corrected chi connectivity index (χ0v) is 14.8. The van der Waals surface area contributed by atoms with E-state index in [4.69, 9.17) is 15.9 Å². The molecule has 0 amide bonds. The lowest BCUT2D eigenvalue weighted by Crippen LogP contribution is -2.21. The molecule has 0 aliphatic rings. The Kier molecular flexibility index (Phi) is 5.21. The first kappa shape index (κ1) is 16.6. The Bertz CT molecular complexity index is 853. The predicted octanol–water partition coefficient (Wildman–Crippen LogP) is 3.05. The lowest BCUT2D eigenvalue weighted by atomic mass is 10.2. The number of nitrogens with one attached hydrogen (secondary N) is 1. The minimum Gasteiger partial charge on any atom is -0.424 e. The minimum absolute atomic E-state index is 0.0291. The van der Waals surface area contributed by atoms with Gasteiger partial charge in [0.2, 0.25) is 5.13 Å². The topological polar surface area (TPSA) is 115 Å². The molecule has 2 aromatic heterocycles.